The van der Waals surface area contributed by atoms with Crippen LogP contribution in [0.25, 0.3) is 0 Å². The molecule has 0 aromatic carbocycles. The van der Waals surface area contributed by atoms with Crippen LogP contribution in [0.4, 0.5) is 0 Å². The number of aliphatic hydroxyl groups is 1. The quantitative estimate of drug-likeness (QED) is 0.729. The first-order valence-electron chi connectivity index (χ1n) is 7.63. The van der Waals surface area contributed by atoms with Crippen molar-refractivity contribution in [1.29, 1.82) is 0 Å². The minimum atomic E-state index is 0.00524. The van der Waals surface area contributed by atoms with Gasteiger partial charge in [-0.1, -0.05) is 20.8 Å². The van der Waals surface area contributed by atoms with E-state index in [1.54, 1.807) is 0 Å². The van der Waals surface area contributed by atoms with Crippen LogP contribution in [0.15, 0.2) is 0 Å². The Balaban J connectivity index is 1.78. The Hall–Kier alpha value is -0.0400. The van der Waals surface area contributed by atoms with Crippen molar-refractivity contribution in [3.63, 3.8) is 0 Å². The minimum absolute atomic E-state index is 0.00524. The molecule has 3 aliphatic carbocycles. The third-order valence-corrected chi connectivity index (χ3v) is 7.17. The average molecular weight is 236 g/mol. The summed E-state index contributed by atoms with van der Waals surface area (Å²) in [5.41, 5.74) is 1.15. The van der Waals surface area contributed by atoms with Crippen molar-refractivity contribution in [2.45, 2.75) is 71.8 Å². The van der Waals surface area contributed by atoms with Crippen LogP contribution in [-0.2, 0) is 0 Å². The molecule has 3 saturated carbocycles. The van der Waals surface area contributed by atoms with Gasteiger partial charge in [-0.15, -0.1) is 0 Å². The summed E-state index contributed by atoms with van der Waals surface area (Å²) in [6.45, 7) is 7.60. The van der Waals surface area contributed by atoms with Gasteiger partial charge in [-0.25, -0.2) is 0 Å². The fourth-order valence-corrected chi connectivity index (χ4v) is 5.48. The number of hydrogen-bond acceptors (Lipinski definition) is 1. The molecular weight excluding hydrogens is 208 g/mol. The Morgan fingerprint density at radius 3 is 2.06 bits per heavy atom. The Labute approximate surface area is 106 Å². The van der Waals surface area contributed by atoms with Crippen molar-refractivity contribution in [2.75, 3.05) is 0 Å². The van der Waals surface area contributed by atoms with Gasteiger partial charge in [0.15, 0.2) is 0 Å². The molecule has 0 aromatic rings. The molecule has 98 valence electrons. The first-order valence-corrected chi connectivity index (χ1v) is 7.63. The molecule has 17 heavy (non-hydrogen) atoms. The lowest BCUT2D eigenvalue weighted by Crippen LogP contribution is -2.37. The highest BCUT2D eigenvalue weighted by molar-refractivity contribution is 5.11. The Bertz CT molecular complexity index is 301. The van der Waals surface area contributed by atoms with Crippen molar-refractivity contribution in [1.82, 2.24) is 0 Å². The maximum atomic E-state index is 9.67. The van der Waals surface area contributed by atoms with Gasteiger partial charge in [-0.05, 0) is 73.5 Å². The molecule has 0 spiro atoms. The van der Waals surface area contributed by atoms with E-state index in [2.05, 4.69) is 20.8 Å². The van der Waals surface area contributed by atoms with Crippen molar-refractivity contribution >= 4 is 0 Å². The predicted molar refractivity (Wildman–Crippen MR) is 70.7 cm³/mol. The maximum absolute atomic E-state index is 9.67. The fraction of sp³-hybridized carbons (Fsp3) is 1.00. The molecule has 3 atom stereocenters. The highest BCUT2D eigenvalue weighted by Crippen LogP contribution is 2.70. The molecule has 1 nitrogen and oxygen atoms in total. The van der Waals surface area contributed by atoms with Gasteiger partial charge in [-0.3, -0.25) is 0 Å². The van der Waals surface area contributed by atoms with Crippen molar-refractivity contribution in [3.05, 3.63) is 0 Å². The number of aliphatic hydroxyl groups excluding tert-OH is 1. The van der Waals surface area contributed by atoms with E-state index in [0.717, 1.165) is 30.6 Å². The summed E-state index contributed by atoms with van der Waals surface area (Å²) in [5.74, 6) is 2.83. The molecule has 0 heterocycles. The zero-order chi connectivity index (χ0) is 12.3. The van der Waals surface area contributed by atoms with E-state index < -0.39 is 0 Å². The van der Waals surface area contributed by atoms with Crippen molar-refractivity contribution in [2.24, 2.45) is 28.6 Å². The summed E-state index contributed by atoms with van der Waals surface area (Å²) in [5, 5.41) is 9.67. The van der Waals surface area contributed by atoms with Crippen LogP contribution in [-0.4, -0.2) is 11.2 Å². The summed E-state index contributed by atoms with van der Waals surface area (Å²) in [6, 6.07) is 0. The minimum Gasteiger partial charge on any atom is -0.393 e. The summed E-state index contributed by atoms with van der Waals surface area (Å²) >= 11 is 0. The van der Waals surface area contributed by atoms with E-state index in [1.165, 1.54) is 32.1 Å². The lowest BCUT2D eigenvalue weighted by atomic mass is 9.61. The molecule has 3 fully saturated rings. The zero-order valence-corrected chi connectivity index (χ0v) is 11.7. The predicted octanol–water partition coefficient (Wildman–Crippen LogP) is 4.00. The van der Waals surface area contributed by atoms with E-state index in [9.17, 15) is 5.11 Å². The van der Waals surface area contributed by atoms with E-state index in [-0.39, 0.29) is 6.10 Å². The molecular formula is C16H28O. The van der Waals surface area contributed by atoms with Crippen molar-refractivity contribution < 1.29 is 5.11 Å². The molecule has 0 unspecified atom stereocenters. The second kappa shape index (κ2) is 3.73. The van der Waals surface area contributed by atoms with E-state index in [1.807, 2.05) is 0 Å². The van der Waals surface area contributed by atoms with Gasteiger partial charge < -0.3 is 5.11 Å². The van der Waals surface area contributed by atoms with Crippen LogP contribution in [0, 0.1) is 28.6 Å². The first kappa shape index (κ1) is 12.0. The molecule has 0 aromatic heterocycles. The Morgan fingerprint density at radius 1 is 0.941 bits per heavy atom. The third-order valence-electron chi connectivity index (χ3n) is 7.17. The highest BCUT2D eigenvalue weighted by Gasteiger charge is 2.62. The molecule has 0 aliphatic heterocycles. The molecule has 3 aliphatic rings. The summed E-state index contributed by atoms with van der Waals surface area (Å²) < 4.78 is 0. The first-order chi connectivity index (χ1) is 7.95. The lowest BCUT2D eigenvalue weighted by Gasteiger charge is -2.44. The smallest absolute Gasteiger partial charge is 0.0540 e. The normalized spacial score (nSPS) is 52.9. The van der Waals surface area contributed by atoms with Crippen LogP contribution < -0.4 is 0 Å². The molecule has 3 rings (SSSR count). The average Bonchev–Trinajstić information content (AvgIpc) is 2.62. The number of rotatable bonds is 1. The van der Waals surface area contributed by atoms with Crippen LogP contribution in [0.1, 0.15) is 65.7 Å². The highest BCUT2D eigenvalue weighted by atomic mass is 16.3. The third kappa shape index (κ3) is 1.54. The largest absolute Gasteiger partial charge is 0.393 e. The molecule has 1 N–H and O–H groups in total. The Morgan fingerprint density at radius 2 is 1.59 bits per heavy atom. The van der Waals surface area contributed by atoms with Gasteiger partial charge >= 0.3 is 0 Å². The topological polar surface area (TPSA) is 20.2 Å². The second-order valence-electron chi connectivity index (χ2n) is 7.79. The zero-order valence-electron chi connectivity index (χ0n) is 11.7. The van der Waals surface area contributed by atoms with Crippen LogP contribution in [0.3, 0.4) is 0 Å². The molecule has 0 radical (unpaired) electrons. The molecule has 0 saturated heterocycles. The lowest BCUT2D eigenvalue weighted by molar-refractivity contribution is 0.0265. The SMILES string of the molecule is CC1(C)[C@@H]2CC[C@@]1(C)[C@H](C1CCC(O)CC1)C2. The monoisotopic (exact) mass is 236 g/mol. The van der Waals surface area contributed by atoms with Crippen LogP contribution in [0.2, 0.25) is 0 Å². The molecule has 1 heteroatoms. The second-order valence-corrected chi connectivity index (χ2v) is 7.79. The maximum Gasteiger partial charge on any atom is 0.0540 e. The van der Waals surface area contributed by atoms with Crippen LogP contribution >= 0.6 is 0 Å². The van der Waals surface area contributed by atoms with Gasteiger partial charge in [0.2, 0.25) is 0 Å². The number of hydrogen-bond donors (Lipinski definition) is 1. The standard InChI is InChI=1S/C16H28O/c1-15(2)12-8-9-16(15,3)14(10-12)11-4-6-13(17)7-5-11/h11-14,17H,4-10H2,1-3H3/t11?,12-,13?,14+,16+/m1/s1. The Kier molecular flexibility index (Phi) is 2.63. The summed E-state index contributed by atoms with van der Waals surface area (Å²) in [6.07, 6.45) is 9.08. The van der Waals surface area contributed by atoms with Crippen molar-refractivity contribution in [3.8, 4) is 0 Å². The fourth-order valence-electron chi connectivity index (χ4n) is 5.48. The van der Waals surface area contributed by atoms with Gasteiger partial charge in [0.25, 0.3) is 0 Å². The molecule has 2 bridgehead atoms. The van der Waals surface area contributed by atoms with E-state index in [0.29, 0.717) is 10.8 Å². The summed E-state index contributed by atoms with van der Waals surface area (Å²) in [7, 11) is 0. The molecule has 0 amide bonds. The van der Waals surface area contributed by atoms with Gasteiger partial charge in [0.05, 0.1) is 6.10 Å². The number of fused-ring (bicyclic) bond motifs is 2. The van der Waals surface area contributed by atoms with Gasteiger partial charge in [0, 0.05) is 0 Å². The van der Waals surface area contributed by atoms with E-state index >= 15 is 0 Å². The van der Waals surface area contributed by atoms with Gasteiger partial charge in [-0.2, -0.15) is 0 Å². The van der Waals surface area contributed by atoms with E-state index in [4.69, 9.17) is 0 Å². The van der Waals surface area contributed by atoms with Gasteiger partial charge in [0.1, 0.15) is 0 Å². The van der Waals surface area contributed by atoms with Crippen LogP contribution in [0.5, 0.6) is 0 Å². The summed E-state index contributed by atoms with van der Waals surface area (Å²) in [4.78, 5) is 0.